The zero-order valence-electron chi connectivity index (χ0n) is 12.7. The average Bonchev–Trinajstić information content (AvgIpc) is 3.02. The smallest absolute Gasteiger partial charge is 0.276 e. The maximum Gasteiger partial charge on any atom is 0.276 e. The van der Waals surface area contributed by atoms with Crippen LogP contribution in [0.5, 0.6) is 5.75 Å². The minimum atomic E-state index is -0.467. The molecule has 1 aromatic heterocycles. The van der Waals surface area contributed by atoms with Gasteiger partial charge in [-0.2, -0.15) is 5.10 Å². The molecule has 0 unspecified atom stereocenters. The Labute approximate surface area is 152 Å². The van der Waals surface area contributed by atoms with Gasteiger partial charge < -0.3 is 10.1 Å². The van der Waals surface area contributed by atoms with Crippen molar-refractivity contribution in [2.24, 2.45) is 0 Å². The molecule has 2 aromatic carbocycles. The normalized spacial score (nSPS) is 10.5. The van der Waals surface area contributed by atoms with Gasteiger partial charge in [0.15, 0.2) is 24.0 Å². The molecule has 5 nitrogen and oxygen atoms in total. The summed E-state index contributed by atoms with van der Waals surface area (Å²) in [6, 6.07) is 12.3. The molecule has 1 heterocycles. The Morgan fingerprint density at radius 2 is 1.88 bits per heavy atom. The quantitative estimate of drug-likeness (QED) is 0.703. The molecule has 25 heavy (non-hydrogen) atoms. The number of hydrogen-bond donors (Lipinski definition) is 1. The first kappa shape index (κ1) is 17.3. The third-order valence-electron chi connectivity index (χ3n) is 3.18. The van der Waals surface area contributed by atoms with Crippen molar-refractivity contribution in [2.75, 3.05) is 5.32 Å². The van der Waals surface area contributed by atoms with E-state index in [2.05, 4.69) is 10.4 Å². The van der Waals surface area contributed by atoms with Gasteiger partial charge in [-0.15, -0.1) is 0 Å². The predicted octanol–water partition coefficient (Wildman–Crippen LogP) is 4.62. The van der Waals surface area contributed by atoms with Crippen LogP contribution in [0.25, 0.3) is 0 Å². The zero-order chi connectivity index (χ0) is 17.8. The Morgan fingerprint density at radius 1 is 1.16 bits per heavy atom. The number of para-hydroxylation sites is 1. The summed E-state index contributed by atoms with van der Waals surface area (Å²) >= 11 is 11.8. The first-order valence-corrected chi connectivity index (χ1v) is 7.95. The molecule has 0 aliphatic heterocycles. The molecular formula is C17H12Cl2FN3O2. The number of benzene rings is 2. The molecule has 0 bridgehead atoms. The highest BCUT2D eigenvalue weighted by Crippen LogP contribution is 2.22. The molecule has 3 rings (SSSR count). The SMILES string of the molecule is O=C(Nc1cc(Cl)cc(Cl)c1)c1ccn(COc2ccccc2F)n1. The van der Waals surface area contributed by atoms with Gasteiger partial charge >= 0.3 is 0 Å². The van der Waals surface area contributed by atoms with Crippen LogP contribution in [0.2, 0.25) is 10.0 Å². The number of ether oxygens (including phenoxy) is 1. The number of nitrogens with zero attached hydrogens (tertiary/aromatic N) is 2. The zero-order valence-corrected chi connectivity index (χ0v) is 14.3. The molecule has 1 amide bonds. The Morgan fingerprint density at radius 3 is 2.60 bits per heavy atom. The maximum atomic E-state index is 13.5. The van der Waals surface area contributed by atoms with Gasteiger partial charge in [-0.05, 0) is 36.4 Å². The molecule has 0 aliphatic carbocycles. The number of carbonyl (C=O) groups is 1. The number of amides is 1. The molecule has 0 fully saturated rings. The fourth-order valence-electron chi connectivity index (χ4n) is 2.07. The molecule has 0 spiro atoms. The molecule has 0 saturated heterocycles. The summed E-state index contributed by atoms with van der Waals surface area (Å²) in [5, 5.41) is 7.56. The summed E-state index contributed by atoms with van der Waals surface area (Å²) in [6.07, 6.45) is 1.56. The van der Waals surface area contributed by atoms with Gasteiger partial charge in [-0.3, -0.25) is 4.79 Å². The number of hydrogen-bond acceptors (Lipinski definition) is 3. The largest absolute Gasteiger partial charge is 0.468 e. The summed E-state index contributed by atoms with van der Waals surface area (Å²) in [7, 11) is 0. The lowest BCUT2D eigenvalue weighted by molar-refractivity contribution is 0.102. The van der Waals surface area contributed by atoms with Crippen molar-refractivity contribution in [3.63, 3.8) is 0 Å². The molecule has 0 aliphatic rings. The van der Waals surface area contributed by atoms with E-state index in [4.69, 9.17) is 27.9 Å². The van der Waals surface area contributed by atoms with Crippen molar-refractivity contribution in [3.8, 4) is 5.75 Å². The Balaban J connectivity index is 1.64. The van der Waals surface area contributed by atoms with E-state index in [-0.39, 0.29) is 18.2 Å². The lowest BCUT2D eigenvalue weighted by atomic mass is 10.3. The highest BCUT2D eigenvalue weighted by atomic mass is 35.5. The summed E-state index contributed by atoms with van der Waals surface area (Å²) in [5.74, 6) is -0.786. The third-order valence-corrected chi connectivity index (χ3v) is 3.62. The first-order valence-electron chi connectivity index (χ1n) is 7.19. The van der Waals surface area contributed by atoms with Gasteiger partial charge in [0.1, 0.15) is 0 Å². The second-order valence-corrected chi connectivity index (χ2v) is 5.93. The number of aromatic nitrogens is 2. The van der Waals surface area contributed by atoms with Gasteiger partial charge in [-0.1, -0.05) is 35.3 Å². The van der Waals surface area contributed by atoms with E-state index in [0.29, 0.717) is 15.7 Å². The molecular weight excluding hydrogens is 368 g/mol. The van der Waals surface area contributed by atoms with Crippen LogP contribution < -0.4 is 10.1 Å². The van der Waals surface area contributed by atoms with Gasteiger partial charge in [-0.25, -0.2) is 9.07 Å². The maximum absolute atomic E-state index is 13.5. The van der Waals surface area contributed by atoms with Crippen molar-refractivity contribution < 1.29 is 13.9 Å². The van der Waals surface area contributed by atoms with Crippen LogP contribution in [0.3, 0.4) is 0 Å². The van der Waals surface area contributed by atoms with Crippen LogP contribution in [0, 0.1) is 5.82 Å². The minimum absolute atomic E-state index is 0.0305. The van der Waals surface area contributed by atoms with Crippen LogP contribution in [0.4, 0.5) is 10.1 Å². The standard InChI is InChI=1S/C17H12Cl2FN3O2/c18-11-7-12(19)9-13(8-11)21-17(24)15-5-6-23(22-15)10-25-16-4-2-1-3-14(16)20/h1-9H,10H2,(H,21,24). The van der Waals surface area contributed by atoms with Gasteiger partial charge in [0.25, 0.3) is 5.91 Å². The summed E-state index contributed by atoms with van der Waals surface area (Å²) in [5.41, 5.74) is 0.632. The van der Waals surface area contributed by atoms with Crippen molar-refractivity contribution in [1.82, 2.24) is 9.78 Å². The van der Waals surface area contributed by atoms with Crippen LogP contribution in [0.15, 0.2) is 54.7 Å². The first-order chi connectivity index (χ1) is 12.0. The Kier molecular flexibility index (Phi) is 5.21. The van der Waals surface area contributed by atoms with E-state index in [1.807, 2.05) is 0 Å². The van der Waals surface area contributed by atoms with Crippen molar-refractivity contribution in [3.05, 3.63) is 76.3 Å². The van der Waals surface area contributed by atoms with Crippen molar-refractivity contribution in [2.45, 2.75) is 6.73 Å². The molecule has 8 heteroatoms. The Bertz CT molecular complexity index is 894. The van der Waals surface area contributed by atoms with Gasteiger partial charge in [0.05, 0.1) is 0 Å². The minimum Gasteiger partial charge on any atom is -0.468 e. The molecule has 0 saturated carbocycles. The van der Waals surface area contributed by atoms with Crippen LogP contribution in [-0.4, -0.2) is 15.7 Å². The number of carbonyl (C=O) groups excluding carboxylic acids is 1. The van der Waals surface area contributed by atoms with E-state index >= 15 is 0 Å². The molecule has 128 valence electrons. The van der Waals surface area contributed by atoms with Gasteiger partial charge in [0, 0.05) is 21.9 Å². The second kappa shape index (κ2) is 7.55. The van der Waals surface area contributed by atoms with Crippen LogP contribution in [0.1, 0.15) is 10.5 Å². The summed E-state index contributed by atoms with van der Waals surface area (Å²) < 4.78 is 20.2. The highest BCUT2D eigenvalue weighted by molar-refractivity contribution is 6.35. The van der Waals surface area contributed by atoms with Crippen molar-refractivity contribution in [1.29, 1.82) is 0 Å². The fraction of sp³-hybridized carbons (Fsp3) is 0.0588. The lowest BCUT2D eigenvalue weighted by Gasteiger charge is -2.07. The highest BCUT2D eigenvalue weighted by Gasteiger charge is 2.11. The monoisotopic (exact) mass is 379 g/mol. The number of nitrogens with one attached hydrogen (secondary N) is 1. The van der Waals surface area contributed by atoms with Crippen molar-refractivity contribution >= 4 is 34.8 Å². The van der Waals surface area contributed by atoms with Crippen LogP contribution in [-0.2, 0) is 6.73 Å². The van der Waals surface area contributed by atoms with E-state index in [1.54, 1.807) is 36.5 Å². The third kappa shape index (κ3) is 4.49. The second-order valence-electron chi connectivity index (χ2n) is 5.06. The molecule has 0 atom stereocenters. The molecule has 1 N–H and O–H groups in total. The van der Waals surface area contributed by atoms with Crippen LogP contribution >= 0.6 is 23.2 Å². The van der Waals surface area contributed by atoms with Gasteiger partial charge in [0.2, 0.25) is 0 Å². The molecule has 0 radical (unpaired) electrons. The Hall–Kier alpha value is -2.57. The number of rotatable bonds is 5. The predicted molar refractivity (Wildman–Crippen MR) is 93.7 cm³/mol. The summed E-state index contributed by atoms with van der Waals surface area (Å²) in [6.45, 7) is -0.0305. The number of halogens is 3. The number of anilines is 1. The fourth-order valence-corrected chi connectivity index (χ4v) is 2.60. The van der Waals surface area contributed by atoms with E-state index in [1.165, 1.54) is 22.9 Å². The topological polar surface area (TPSA) is 56.2 Å². The van der Waals surface area contributed by atoms with E-state index in [0.717, 1.165) is 0 Å². The molecule has 3 aromatic rings. The summed E-state index contributed by atoms with van der Waals surface area (Å²) in [4.78, 5) is 12.2. The lowest BCUT2D eigenvalue weighted by Crippen LogP contribution is -2.14. The van der Waals surface area contributed by atoms with E-state index < -0.39 is 11.7 Å². The van der Waals surface area contributed by atoms with E-state index in [9.17, 15) is 9.18 Å². The average molecular weight is 380 g/mol.